The van der Waals surface area contributed by atoms with Gasteiger partial charge >= 0.3 is 6.09 Å². The van der Waals surface area contributed by atoms with Crippen LogP contribution in [0.1, 0.15) is 47.5 Å². The van der Waals surface area contributed by atoms with Crippen molar-refractivity contribution in [2.45, 2.75) is 59.1 Å². The minimum atomic E-state index is -0.501. The Kier molecular flexibility index (Phi) is 5.87. The van der Waals surface area contributed by atoms with E-state index in [0.29, 0.717) is 12.3 Å². The van der Waals surface area contributed by atoms with Crippen LogP contribution in [-0.2, 0) is 4.74 Å². The molecule has 4 heteroatoms. The first-order valence-electron chi connectivity index (χ1n) is 5.61. The normalized spacial score (nSPS) is 13.1. The number of hydrogen-bond acceptors (Lipinski definition) is 3. The number of hydrogen-bond donors (Lipinski definition) is 1. The highest BCUT2D eigenvalue weighted by Crippen LogP contribution is 2.10. The molecule has 0 radical (unpaired) electrons. The van der Waals surface area contributed by atoms with Crippen molar-refractivity contribution in [2.24, 2.45) is 5.92 Å². The lowest BCUT2D eigenvalue weighted by molar-refractivity contribution is 0.0500. The summed E-state index contributed by atoms with van der Waals surface area (Å²) in [4.78, 5) is 11.5. The van der Waals surface area contributed by atoms with Crippen molar-refractivity contribution in [3.05, 3.63) is 0 Å². The van der Waals surface area contributed by atoms with Crippen molar-refractivity contribution in [3.63, 3.8) is 0 Å². The van der Waals surface area contributed by atoms with Crippen LogP contribution in [0, 0.1) is 17.2 Å². The molecule has 1 amide bonds. The van der Waals surface area contributed by atoms with Crippen LogP contribution in [0.4, 0.5) is 4.79 Å². The Morgan fingerprint density at radius 1 is 1.44 bits per heavy atom. The van der Waals surface area contributed by atoms with Crippen LogP contribution < -0.4 is 5.32 Å². The summed E-state index contributed by atoms with van der Waals surface area (Å²) >= 11 is 0. The van der Waals surface area contributed by atoms with Gasteiger partial charge in [-0.2, -0.15) is 5.26 Å². The van der Waals surface area contributed by atoms with Gasteiger partial charge in [-0.3, -0.25) is 0 Å². The average Bonchev–Trinajstić information content (AvgIpc) is 1.98. The fraction of sp³-hybridized carbons (Fsp3) is 0.833. The van der Waals surface area contributed by atoms with Crippen LogP contribution in [0.25, 0.3) is 0 Å². The first-order valence-corrected chi connectivity index (χ1v) is 5.61. The van der Waals surface area contributed by atoms with Gasteiger partial charge in [0.2, 0.25) is 0 Å². The predicted molar refractivity (Wildman–Crippen MR) is 62.8 cm³/mol. The summed E-state index contributed by atoms with van der Waals surface area (Å²) < 4.78 is 5.14. The maximum Gasteiger partial charge on any atom is 0.407 e. The second-order valence-corrected chi connectivity index (χ2v) is 5.33. The van der Waals surface area contributed by atoms with Gasteiger partial charge in [0, 0.05) is 6.04 Å². The molecule has 0 aromatic carbocycles. The molecule has 0 rings (SSSR count). The van der Waals surface area contributed by atoms with Crippen LogP contribution in [0.15, 0.2) is 0 Å². The first kappa shape index (κ1) is 14.8. The second kappa shape index (κ2) is 6.37. The second-order valence-electron chi connectivity index (χ2n) is 5.33. The number of rotatable bonds is 4. The summed E-state index contributed by atoms with van der Waals surface area (Å²) in [5.74, 6) is 0.438. The number of amides is 1. The maximum absolute atomic E-state index is 11.5. The summed E-state index contributed by atoms with van der Waals surface area (Å²) in [5, 5.41) is 11.4. The smallest absolute Gasteiger partial charge is 0.407 e. The highest BCUT2D eigenvalue weighted by Gasteiger charge is 2.19. The van der Waals surface area contributed by atoms with Gasteiger partial charge in [-0.05, 0) is 33.1 Å². The molecule has 92 valence electrons. The molecule has 1 unspecified atom stereocenters. The molecule has 0 bridgehead atoms. The minimum absolute atomic E-state index is 0.125. The number of carbonyl (C=O) groups is 1. The van der Waals surface area contributed by atoms with E-state index in [0.717, 1.165) is 6.42 Å². The van der Waals surface area contributed by atoms with E-state index in [2.05, 4.69) is 25.2 Å². The van der Waals surface area contributed by atoms with E-state index in [-0.39, 0.29) is 6.04 Å². The zero-order valence-electron chi connectivity index (χ0n) is 10.8. The Labute approximate surface area is 98.0 Å². The molecule has 4 nitrogen and oxygen atoms in total. The molecule has 0 aliphatic heterocycles. The highest BCUT2D eigenvalue weighted by molar-refractivity contribution is 5.68. The molecule has 0 saturated carbocycles. The third-order valence-corrected chi connectivity index (χ3v) is 1.81. The monoisotopic (exact) mass is 226 g/mol. The van der Waals surface area contributed by atoms with E-state index in [1.807, 2.05) is 20.8 Å². The van der Waals surface area contributed by atoms with Crippen LogP contribution in [-0.4, -0.2) is 17.7 Å². The van der Waals surface area contributed by atoms with Crippen molar-refractivity contribution in [3.8, 4) is 6.07 Å². The number of nitriles is 1. The highest BCUT2D eigenvalue weighted by atomic mass is 16.6. The van der Waals surface area contributed by atoms with Crippen LogP contribution in [0.2, 0.25) is 0 Å². The van der Waals surface area contributed by atoms with Gasteiger partial charge in [-0.15, -0.1) is 0 Å². The summed E-state index contributed by atoms with van der Waals surface area (Å²) in [5.41, 5.74) is -0.501. The SMILES string of the molecule is CC(C)CC(CC#N)NC(=O)OC(C)(C)C. The zero-order valence-corrected chi connectivity index (χ0v) is 10.8. The Morgan fingerprint density at radius 3 is 2.38 bits per heavy atom. The number of nitrogens with zero attached hydrogens (tertiary/aromatic N) is 1. The van der Waals surface area contributed by atoms with Crippen molar-refractivity contribution in [1.29, 1.82) is 5.26 Å². The van der Waals surface area contributed by atoms with Gasteiger partial charge in [0.1, 0.15) is 5.60 Å². The standard InChI is InChI=1S/C12H22N2O2/c1-9(2)8-10(6-7-13)14-11(15)16-12(3,4)5/h9-10H,6,8H2,1-5H3,(H,14,15). The number of alkyl carbamates (subject to hydrolysis) is 1. The molecule has 1 N–H and O–H groups in total. The summed E-state index contributed by atoms with van der Waals surface area (Å²) in [6.07, 6.45) is 0.651. The first-order chi connectivity index (χ1) is 7.24. The van der Waals surface area contributed by atoms with E-state index >= 15 is 0 Å². The van der Waals surface area contributed by atoms with E-state index in [1.54, 1.807) is 0 Å². The largest absolute Gasteiger partial charge is 0.444 e. The van der Waals surface area contributed by atoms with Crippen LogP contribution in [0.3, 0.4) is 0 Å². The molecule has 0 aromatic heterocycles. The Balaban J connectivity index is 4.19. The molecule has 0 saturated heterocycles. The third-order valence-electron chi connectivity index (χ3n) is 1.81. The lowest BCUT2D eigenvalue weighted by atomic mass is 10.0. The summed E-state index contributed by atoms with van der Waals surface area (Å²) in [6.45, 7) is 9.55. The van der Waals surface area contributed by atoms with E-state index in [4.69, 9.17) is 10.00 Å². The van der Waals surface area contributed by atoms with Gasteiger partial charge in [-0.25, -0.2) is 4.79 Å². The van der Waals surface area contributed by atoms with Gasteiger partial charge < -0.3 is 10.1 Å². The van der Waals surface area contributed by atoms with Crippen LogP contribution in [0.5, 0.6) is 0 Å². The van der Waals surface area contributed by atoms with Crippen LogP contribution >= 0.6 is 0 Å². The lowest BCUT2D eigenvalue weighted by Crippen LogP contribution is -2.39. The van der Waals surface area contributed by atoms with Gasteiger partial charge in [0.25, 0.3) is 0 Å². The summed E-state index contributed by atoms with van der Waals surface area (Å²) in [6, 6.07) is 1.95. The van der Waals surface area contributed by atoms with E-state index in [9.17, 15) is 4.79 Å². The molecule has 16 heavy (non-hydrogen) atoms. The topological polar surface area (TPSA) is 62.1 Å². The Bertz CT molecular complexity index is 261. The van der Waals surface area contributed by atoms with Gasteiger partial charge in [-0.1, -0.05) is 13.8 Å². The molecule has 0 fully saturated rings. The molecular formula is C12H22N2O2. The van der Waals surface area contributed by atoms with E-state index < -0.39 is 11.7 Å². The Morgan fingerprint density at radius 2 is 2.00 bits per heavy atom. The summed E-state index contributed by atoms with van der Waals surface area (Å²) in [7, 11) is 0. The van der Waals surface area contributed by atoms with Gasteiger partial charge in [0.05, 0.1) is 12.5 Å². The molecule has 0 aliphatic carbocycles. The number of nitrogens with one attached hydrogen (secondary N) is 1. The van der Waals surface area contributed by atoms with Crippen molar-refractivity contribution >= 4 is 6.09 Å². The van der Waals surface area contributed by atoms with Crippen molar-refractivity contribution in [1.82, 2.24) is 5.32 Å². The molecular weight excluding hydrogens is 204 g/mol. The lowest BCUT2D eigenvalue weighted by Gasteiger charge is -2.23. The third kappa shape index (κ3) is 8.10. The van der Waals surface area contributed by atoms with Crippen molar-refractivity contribution in [2.75, 3.05) is 0 Å². The fourth-order valence-corrected chi connectivity index (χ4v) is 1.35. The quantitative estimate of drug-likeness (QED) is 0.801. The molecule has 0 aliphatic rings. The molecule has 0 heterocycles. The molecule has 0 aromatic rings. The maximum atomic E-state index is 11.5. The van der Waals surface area contributed by atoms with Crippen molar-refractivity contribution < 1.29 is 9.53 Å². The predicted octanol–water partition coefficient (Wildman–Crippen LogP) is 2.84. The fourth-order valence-electron chi connectivity index (χ4n) is 1.35. The van der Waals surface area contributed by atoms with Gasteiger partial charge in [0.15, 0.2) is 0 Å². The zero-order chi connectivity index (χ0) is 12.8. The molecule has 1 atom stereocenters. The number of carbonyl (C=O) groups excluding carboxylic acids is 1. The average molecular weight is 226 g/mol. The molecule has 0 spiro atoms. The number of ether oxygens (including phenoxy) is 1. The van der Waals surface area contributed by atoms with E-state index in [1.165, 1.54) is 0 Å². The Hall–Kier alpha value is -1.24. The minimum Gasteiger partial charge on any atom is -0.444 e.